The number of fused-ring (bicyclic) bond motifs is 3. The Morgan fingerprint density at radius 2 is 1.79 bits per heavy atom. The highest BCUT2D eigenvalue weighted by Crippen LogP contribution is 2.29. The highest BCUT2D eigenvalue weighted by molar-refractivity contribution is 5.97. The summed E-state index contributed by atoms with van der Waals surface area (Å²) in [5.74, 6) is 1.77. The van der Waals surface area contributed by atoms with Gasteiger partial charge in [-0.2, -0.15) is 4.52 Å². The van der Waals surface area contributed by atoms with Crippen molar-refractivity contribution in [3.05, 3.63) is 48.5 Å². The molecule has 0 saturated carbocycles. The van der Waals surface area contributed by atoms with Gasteiger partial charge in [0.05, 0.1) is 13.7 Å². The minimum atomic E-state index is -0.155. The molecule has 34 heavy (non-hydrogen) atoms. The smallest absolute Gasteiger partial charge is 0.305 e. The summed E-state index contributed by atoms with van der Waals surface area (Å²) in [5.41, 5.74) is 1.55. The number of hydrogen-bond donors (Lipinski definition) is 0. The van der Waals surface area contributed by atoms with Crippen LogP contribution in [0.2, 0.25) is 0 Å². The molecule has 178 valence electrons. The summed E-state index contributed by atoms with van der Waals surface area (Å²) in [6, 6.07) is 15.5. The van der Waals surface area contributed by atoms with Gasteiger partial charge in [-0.15, -0.1) is 15.3 Å². The van der Waals surface area contributed by atoms with E-state index in [4.69, 9.17) is 19.3 Å². The fraction of sp³-hybridized carbons (Fsp3) is 0.360. The lowest BCUT2D eigenvalue weighted by molar-refractivity contribution is -0.143. The molecular formula is C25H29N5O4. The zero-order valence-corrected chi connectivity index (χ0v) is 19.7. The monoisotopic (exact) mass is 463 g/mol. The molecule has 0 spiro atoms. The van der Waals surface area contributed by atoms with Gasteiger partial charge in [0.1, 0.15) is 12.4 Å². The molecule has 0 aliphatic rings. The second-order valence-electron chi connectivity index (χ2n) is 7.90. The Bertz CT molecular complexity index is 1260. The number of nitrogens with zero attached hydrogens (tertiary/aromatic N) is 5. The van der Waals surface area contributed by atoms with Gasteiger partial charge in [0.15, 0.2) is 11.5 Å². The summed E-state index contributed by atoms with van der Waals surface area (Å²) in [6.45, 7) is 4.17. The maximum atomic E-state index is 11.5. The highest BCUT2D eigenvalue weighted by Gasteiger charge is 2.16. The van der Waals surface area contributed by atoms with Crippen LogP contribution in [-0.4, -0.2) is 71.1 Å². The number of benzene rings is 2. The van der Waals surface area contributed by atoms with Crippen LogP contribution in [0.15, 0.2) is 48.5 Å². The lowest BCUT2D eigenvalue weighted by atomic mass is 10.2. The molecule has 2 heterocycles. The third-order valence-corrected chi connectivity index (χ3v) is 5.52. The second-order valence-corrected chi connectivity index (χ2v) is 7.90. The van der Waals surface area contributed by atoms with Crippen LogP contribution in [0.1, 0.15) is 19.8 Å². The molecule has 0 N–H and O–H groups in total. The summed E-state index contributed by atoms with van der Waals surface area (Å²) < 4.78 is 18.1. The SMILES string of the molecule is CCOC(=O)CCCN(C)CCOc1nn2c(-c3ccc(OC)cc3)nnc2c2ccccc12. The van der Waals surface area contributed by atoms with E-state index in [0.717, 1.165) is 35.1 Å². The molecule has 0 aliphatic heterocycles. The van der Waals surface area contributed by atoms with E-state index < -0.39 is 0 Å². The van der Waals surface area contributed by atoms with Crippen molar-refractivity contribution < 1.29 is 19.0 Å². The van der Waals surface area contributed by atoms with E-state index in [-0.39, 0.29) is 5.97 Å². The van der Waals surface area contributed by atoms with Gasteiger partial charge in [0.2, 0.25) is 5.88 Å². The van der Waals surface area contributed by atoms with Crippen molar-refractivity contribution in [3.63, 3.8) is 0 Å². The average molecular weight is 464 g/mol. The van der Waals surface area contributed by atoms with Crippen LogP contribution in [0.25, 0.3) is 27.8 Å². The first-order valence-corrected chi connectivity index (χ1v) is 11.4. The number of aromatic nitrogens is 4. The Kier molecular flexibility index (Phi) is 7.54. The third-order valence-electron chi connectivity index (χ3n) is 5.52. The number of ether oxygens (including phenoxy) is 3. The fourth-order valence-corrected chi connectivity index (χ4v) is 3.71. The number of likely N-dealkylation sites (N-methyl/N-ethyl adjacent to an activating group) is 1. The molecule has 2 aromatic heterocycles. The number of rotatable bonds is 11. The number of methoxy groups -OCH3 is 1. The predicted octanol–water partition coefficient (Wildman–Crippen LogP) is 3.61. The molecule has 4 rings (SSSR count). The number of esters is 1. The first kappa shape index (κ1) is 23.4. The van der Waals surface area contributed by atoms with E-state index in [9.17, 15) is 4.79 Å². The Morgan fingerprint density at radius 3 is 2.53 bits per heavy atom. The number of carbonyl (C=O) groups is 1. The van der Waals surface area contributed by atoms with Crippen molar-refractivity contribution in [2.75, 3.05) is 40.5 Å². The molecule has 0 fully saturated rings. The fourth-order valence-electron chi connectivity index (χ4n) is 3.71. The summed E-state index contributed by atoms with van der Waals surface area (Å²) >= 11 is 0. The first-order valence-electron chi connectivity index (χ1n) is 11.4. The first-order chi connectivity index (χ1) is 16.6. The Balaban J connectivity index is 1.50. The zero-order valence-electron chi connectivity index (χ0n) is 19.7. The van der Waals surface area contributed by atoms with E-state index in [1.807, 2.05) is 62.5 Å². The van der Waals surface area contributed by atoms with Gasteiger partial charge < -0.3 is 19.1 Å². The predicted molar refractivity (Wildman–Crippen MR) is 129 cm³/mol. The molecule has 0 amide bonds. The van der Waals surface area contributed by atoms with Crippen LogP contribution in [0, 0.1) is 0 Å². The molecule has 9 heteroatoms. The topological polar surface area (TPSA) is 91.1 Å². The van der Waals surface area contributed by atoms with Crippen LogP contribution in [-0.2, 0) is 9.53 Å². The molecule has 0 bridgehead atoms. The lowest BCUT2D eigenvalue weighted by Gasteiger charge is -2.17. The third kappa shape index (κ3) is 5.26. The molecular weight excluding hydrogens is 434 g/mol. The van der Waals surface area contributed by atoms with Crippen molar-refractivity contribution in [3.8, 4) is 23.0 Å². The minimum absolute atomic E-state index is 0.155. The van der Waals surface area contributed by atoms with Crippen LogP contribution in [0.5, 0.6) is 11.6 Å². The summed E-state index contributed by atoms with van der Waals surface area (Å²) in [5, 5.41) is 15.3. The van der Waals surface area contributed by atoms with Gasteiger partial charge in [0, 0.05) is 29.3 Å². The second kappa shape index (κ2) is 10.9. The van der Waals surface area contributed by atoms with Crippen molar-refractivity contribution in [2.24, 2.45) is 0 Å². The molecule has 4 aromatic rings. The Hall–Kier alpha value is -3.72. The van der Waals surface area contributed by atoms with Gasteiger partial charge in [0.25, 0.3) is 0 Å². The molecule has 0 unspecified atom stereocenters. The van der Waals surface area contributed by atoms with Gasteiger partial charge in [-0.3, -0.25) is 4.79 Å². The molecule has 0 aliphatic carbocycles. The maximum absolute atomic E-state index is 11.5. The number of hydrogen-bond acceptors (Lipinski definition) is 8. The average Bonchev–Trinajstić information content (AvgIpc) is 3.28. The summed E-state index contributed by atoms with van der Waals surface area (Å²) in [7, 11) is 3.64. The van der Waals surface area contributed by atoms with E-state index >= 15 is 0 Å². The summed E-state index contributed by atoms with van der Waals surface area (Å²) in [4.78, 5) is 13.6. The zero-order chi connectivity index (χ0) is 23.9. The maximum Gasteiger partial charge on any atom is 0.305 e. The Morgan fingerprint density at radius 1 is 1.03 bits per heavy atom. The molecule has 0 saturated heterocycles. The number of carbonyl (C=O) groups excluding carboxylic acids is 1. The Labute approximate surface area is 198 Å². The molecule has 2 aromatic carbocycles. The van der Waals surface area contributed by atoms with Crippen molar-refractivity contribution in [2.45, 2.75) is 19.8 Å². The van der Waals surface area contributed by atoms with E-state index in [0.29, 0.717) is 43.5 Å². The van der Waals surface area contributed by atoms with Crippen LogP contribution < -0.4 is 9.47 Å². The van der Waals surface area contributed by atoms with Gasteiger partial charge in [-0.1, -0.05) is 18.2 Å². The standard InChI is InChI=1S/C25H29N5O4/c1-4-33-22(31)10-7-15-29(2)16-17-34-25-21-9-6-5-8-20(21)24-27-26-23(30(24)28-25)18-11-13-19(32-3)14-12-18/h5-6,8-9,11-14H,4,7,10,15-17H2,1-3H3. The van der Waals surface area contributed by atoms with Gasteiger partial charge in [-0.05, 0) is 57.3 Å². The van der Waals surface area contributed by atoms with Crippen LogP contribution in [0.4, 0.5) is 0 Å². The van der Waals surface area contributed by atoms with Crippen molar-refractivity contribution in [1.82, 2.24) is 24.7 Å². The van der Waals surface area contributed by atoms with Crippen molar-refractivity contribution >= 4 is 22.4 Å². The highest BCUT2D eigenvalue weighted by atomic mass is 16.5. The minimum Gasteiger partial charge on any atom is -0.497 e. The lowest BCUT2D eigenvalue weighted by Crippen LogP contribution is -2.26. The molecule has 9 nitrogen and oxygen atoms in total. The molecule has 0 radical (unpaired) electrons. The largest absolute Gasteiger partial charge is 0.497 e. The van der Waals surface area contributed by atoms with Crippen LogP contribution in [0.3, 0.4) is 0 Å². The van der Waals surface area contributed by atoms with E-state index in [1.54, 1.807) is 11.6 Å². The van der Waals surface area contributed by atoms with E-state index in [2.05, 4.69) is 15.1 Å². The van der Waals surface area contributed by atoms with E-state index in [1.165, 1.54) is 0 Å². The van der Waals surface area contributed by atoms with Crippen LogP contribution >= 0.6 is 0 Å². The normalized spacial score (nSPS) is 11.3. The quantitative estimate of drug-likeness (QED) is 0.312. The van der Waals surface area contributed by atoms with Gasteiger partial charge >= 0.3 is 5.97 Å². The van der Waals surface area contributed by atoms with Gasteiger partial charge in [-0.25, -0.2) is 0 Å². The summed E-state index contributed by atoms with van der Waals surface area (Å²) in [6.07, 6.45) is 1.16. The van der Waals surface area contributed by atoms with Crippen molar-refractivity contribution in [1.29, 1.82) is 0 Å². The molecule has 0 atom stereocenters.